The van der Waals surface area contributed by atoms with Crippen LogP contribution in [0.25, 0.3) is 59.8 Å². The van der Waals surface area contributed by atoms with Crippen LogP contribution < -0.4 is 19.6 Å². The number of nitro groups is 4. The van der Waals surface area contributed by atoms with E-state index in [1.54, 1.807) is 30.3 Å². The van der Waals surface area contributed by atoms with Crippen molar-refractivity contribution >= 4 is 145 Å². The number of non-ortho nitro benzene ring substituents is 4. The topological polar surface area (TPSA) is 190 Å². The quantitative estimate of drug-likeness (QED) is 0.0620. The van der Waals surface area contributed by atoms with E-state index < -0.39 is 19.7 Å². The Morgan fingerprint density at radius 2 is 0.495 bits per heavy atom. The molecular formula is C78H51N9O8. The van der Waals surface area contributed by atoms with Crippen LogP contribution in [-0.2, 0) is 0 Å². The van der Waals surface area contributed by atoms with Crippen molar-refractivity contribution in [2.45, 2.75) is 0 Å². The second-order valence-electron chi connectivity index (χ2n) is 22.8. The number of anilines is 12. The van der Waals surface area contributed by atoms with Gasteiger partial charge in [0.05, 0.1) is 70.5 Å². The average Bonchev–Trinajstić information content (AvgIpc) is 1.60. The molecule has 0 unspecified atom stereocenters. The van der Waals surface area contributed by atoms with Gasteiger partial charge >= 0.3 is 0 Å². The molecular weight excluding hydrogens is 1190 g/mol. The maximum Gasteiger partial charge on any atom is 0.271 e. The lowest BCUT2D eigenvalue weighted by atomic mass is 10.1. The zero-order chi connectivity index (χ0) is 64.8. The molecule has 0 spiro atoms. The van der Waals surface area contributed by atoms with E-state index in [0.29, 0.717) is 73.6 Å². The maximum absolute atomic E-state index is 12.8. The molecule has 0 atom stereocenters. The molecule has 0 aliphatic rings. The highest BCUT2D eigenvalue weighted by Crippen LogP contribution is 2.48. The minimum absolute atomic E-state index is 0.0953. The van der Waals surface area contributed by atoms with Gasteiger partial charge < -0.3 is 24.2 Å². The van der Waals surface area contributed by atoms with E-state index in [9.17, 15) is 40.5 Å². The van der Waals surface area contributed by atoms with Crippen LogP contribution in [0.5, 0.6) is 0 Å². The number of fused-ring (bicyclic) bond motifs is 6. The summed E-state index contributed by atoms with van der Waals surface area (Å²) in [5.74, 6) is 0. The number of hydrogen-bond donors (Lipinski definition) is 0. The molecule has 1 heterocycles. The zero-order valence-electron chi connectivity index (χ0n) is 50.2. The van der Waals surface area contributed by atoms with Crippen molar-refractivity contribution in [3.63, 3.8) is 0 Å². The summed E-state index contributed by atoms with van der Waals surface area (Å²) in [7, 11) is 0. The molecule has 1 aromatic heterocycles. The number of aromatic nitrogens is 1. The lowest BCUT2D eigenvalue weighted by molar-refractivity contribution is -0.385. The normalized spacial score (nSPS) is 11.3. The summed E-state index contributed by atoms with van der Waals surface area (Å²) in [6, 6.07) is 95.5. The van der Waals surface area contributed by atoms with Gasteiger partial charge in [-0.1, -0.05) is 133 Å². The molecule has 0 bridgehead atoms. The Balaban J connectivity index is 1.05. The van der Waals surface area contributed by atoms with Crippen molar-refractivity contribution in [1.29, 1.82) is 0 Å². The standard InChI is InChI=1S/C78H51N9O8/c88-84(89)68-26-10-22-59(43-68)79(58-20-2-1-3-21-58)66-36-38-77-75(50-66)76-51-67(80(60-23-11-27-69(44-60)85(90)91)63-33-30-52-14-4-7-17-55(52)40-63)37-39-78(76)83(77)74-48-72(81(61-24-12-28-70(45-61)86(92)93)64-34-31-53-15-5-8-18-56(53)41-64)47-73(49-74)82(62-25-13-29-71(46-62)87(94)95)65-35-32-54-16-6-9-19-57(54)42-65/h1-51H. The van der Waals surface area contributed by atoms with Crippen molar-refractivity contribution in [2.24, 2.45) is 0 Å². The van der Waals surface area contributed by atoms with Crippen LogP contribution >= 0.6 is 0 Å². The van der Waals surface area contributed by atoms with E-state index in [-0.39, 0.29) is 22.7 Å². The van der Waals surface area contributed by atoms with Gasteiger partial charge in [0.1, 0.15) is 0 Å². The van der Waals surface area contributed by atoms with Gasteiger partial charge in [-0.25, -0.2) is 0 Å². The molecule has 0 amide bonds. The largest absolute Gasteiger partial charge is 0.310 e. The van der Waals surface area contributed by atoms with E-state index in [1.807, 2.05) is 238 Å². The molecule has 0 N–H and O–H groups in total. The molecule has 0 aliphatic heterocycles. The minimum Gasteiger partial charge on any atom is -0.310 e. The van der Waals surface area contributed by atoms with Gasteiger partial charge in [0.15, 0.2) is 0 Å². The molecule has 17 heteroatoms. The summed E-state index contributed by atoms with van der Waals surface area (Å²) in [6.07, 6.45) is 0. The van der Waals surface area contributed by atoms with Crippen molar-refractivity contribution in [3.05, 3.63) is 350 Å². The molecule has 15 rings (SSSR count). The van der Waals surface area contributed by atoms with Crippen molar-refractivity contribution in [2.75, 3.05) is 19.6 Å². The van der Waals surface area contributed by atoms with Crippen LogP contribution in [0.3, 0.4) is 0 Å². The van der Waals surface area contributed by atoms with Crippen LogP contribution in [0.1, 0.15) is 0 Å². The smallest absolute Gasteiger partial charge is 0.271 e. The molecule has 0 radical (unpaired) electrons. The fourth-order valence-corrected chi connectivity index (χ4v) is 12.8. The third-order valence-electron chi connectivity index (χ3n) is 17.1. The third-order valence-corrected chi connectivity index (χ3v) is 17.1. The first-order valence-electron chi connectivity index (χ1n) is 30.3. The Bertz CT molecular complexity index is 5450. The van der Waals surface area contributed by atoms with Gasteiger partial charge in [-0.15, -0.1) is 0 Å². The van der Waals surface area contributed by atoms with Crippen LogP contribution in [-0.4, -0.2) is 24.3 Å². The number of para-hydroxylation sites is 1. The predicted octanol–water partition coefficient (Wildman–Crippen LogP) is 21.8. The number of nitrogens with zero attached hydrogens (tertiary/aromatic N) is 9. The minimum atomic E-state index is -0.424. The summed E-state index contributed by atoms with van der Waals surface area (Å²) in [5, 5.41) is 57.7. The number of nitro benzene ring substituents is 4. The molecule has 17 nitrogen and oxygen atoms in total. The van der Waals surface area contributed by atoms with Gasteiger partial charge in [0, 0.05) is 93.4 Å². The average molecular weight is 1240 g/mol. The van der Waals surface area contributed by atoms with E-state index in [1.165, 1.54) is 42.5 Å². The fourth-order valence-electron chi connectivity index (χ4n) is 12.8. The number of hydrogen-bond acceptors (Lipinski definition) is 12. The Labute approximate surface area is 541 Å². The molecule has 0 saturated heterocycles. The molecule has 15 aromatic rings. The van der Waals surface area contributed by atoms with Crippen molar-refractivity contribution in [1.82, 2.24) is 4.57 Å². The van der Waals surface area contributed by atoms with Crippen LogP contribution in [0.15, 0.2) is 309 Å². The highest BCUT2D eigenvalue weighted by atomic mass is 16.6. The lowest BCUT2D eigenvalue weighted by Crippen LogP contribution is -2.15. The molecule has 95 heavy (non-hydrogen) atoms. The summed E-state index contributed by atoms with van der Waals surface area (Å²) in [5.41, 5.74) is 8.82. The summed E-state index contributed by atoms with van der Waals surface area (Å²) >= 11 is 0. The molecule has 14 aromatic carbocycles. The first kappa shape index (κ1) is 57.9. The maximum atomic E-state index is 12.8. The SMILES string of the molecule is O=[N+]([O-])c1cccc(N(c2cc(N(c3cccc([N+](=O)[O-])c3)c3ccc4ccccc4c3)cc(-n3c4ccc(N(c5ccccc5)c5cccc([N+](=O)[O-])c5)cc4c4cc(N(c5cccc([N+](=O)[O-])c5)c5ccc6ccccc6c5)ccc43)c2)c2ccc3ccccc3c2)c1. The molecule has 456 valence electrons. The monoisotopic (exact) mass is 1240 g/mol. The van der Waals surface area contributed by atoms with Crippen LogP contribution in [0, 0.1) is 40.5 Å². The molecule has 0 fully saturated rings. The van der Waals surface area contributed by atoms with Gasteiger partial charge in [-0.05, 0) is 160 Å². The van der Waals surface area contributed by atoms with Crippen molar-refractivity contribution < 1.29 is 19.7 Å². The first-order valence-corrected chi connectivity index (χ1v) is 30.3. The van der Waals surface area contributed by atoms with E-state index in [4.69, 9.17) is 0 Å². The fraction of sp³-hybridized carbons (Fsp3) is 0. The zero-order valence-corrected chi connectivity index (χ0v) is 50.2. The summed E-state index contributed by atoms with van der Waals surface area (Å²) in [4.78, 5) is 56.8. The Morgan fingerprint density at radius 1 is 0.221 bits per heavy atom. The van der Waals surface area contributed by atoms with Crippen LogP contribution in [0.4, 0.5) is 91.0 Å². The highest BCUT2D eigenvalue weighted by Gasteiger charge is 2.27. The van der Waals surface area contributed by atoms with Crippen molar-refractivity contribution in [3.8, 4) is 5.69 Å². The second-order valence-corrected chi connectivity index (χ2v) is 22.8. The van der Waals surface area contributed by atoms with E-state index in [2.05, 4.69) is 22.8 Å². The number of rotatable bonds is 17. The highest BCUT2D eigenvalue weighted by molar-refractivity contribution is 6.12. The van der Waals surface area contributed by atoms with Gasteiger partial charge in [0.25, 0.3) is 22.7 Å². The first-order chi connectivity index (χ1) is 46.4. The Kier molecular flexibility index (Phi) is 14.6. The predicted molar refractivity (Wildman–Crippen MR) is 379 cm³/mol. The van der Waals surface area contributed by atoms with Crippen LogP contribution in [0.2, 0.25) is 0 Å². The summed E-state index contributed by atoms with van der Waals surface area (Å²) in [6.45, 7) is 0. The van der Waals surface area contributed by atoms with E-state index >= 15 is 0 Å². The van der Waals surface area contributed by atoms with Gasteiger partial charge in [0.2, 0.25) is 0 Å². The Hall–Kier alpha value is -13.5. The Morgan fingerprint density at radius 3 is 0.842 bits per heavy atom. The van der Waals surface area contributed by atoms with Gasteiger partial charge in [-0.2, -0.15) is 0 Å². The molecule has 0 aliphatic carbocycles. The van der Waals surface area contributed by atoms with Gasteiger partial charge in [-0.3, -0.25) is 40.5 Å². The third kappa shape index (κ3) is 11.0. The molecule has 0 saturated carbocycles. The van der Waals surface area contributed by atoms with E-state index in [0.717, 1.165) is 54.5 Å². The summed E-state index contributed by atoms with van der Waals surface area (Å²) < 4.78 is 2.14. The second kappa shape index (κ2) is 24.0. The lowest BCUT2D eigenvalue weighted by Gasteiger charge is -2.30. The number of benzene rings is 14.